The molecule has 4 nitrogen and oxygen atoms in total. The van der Waals surface area contributed by atoms with Gasteiger partial charge in [0, 0.05) is 31.8 Å². The van der Waals surface area contributed by atoms with Crippen LogP contribution < -0.4 is 10.2 Å². The molecule has 0 amide bonds. The van der Waals surface area contributed by atoms with Crippen LogP contribution in [0.4, 0.5) is 17.3 Å². The van der Waals surface area contributed by atoms with Gasteiger partial charge in [-0.05, 0) is 18.6 Å². The van der Waals surface area contributed by atoms with Gasteiger partial charge in [0.15, 0.2) is 0 Å². The molecule has 106 valence electrons. The van der Waals surface area contributed by atoms with E-state index >= 15 is 0 Å². The van der Waals surface area contributed by atoms with E-state index in [1.807, 2.05) is 32.3 Å². The highest BCUT2D eigenvalue weighted by molar-refractivity contribution is 5.64. The zero-order valence-electron chi connectivity index (χ0n) is 12.8. The molecule has 1 aromatic heterocycles. The van der Waals surface area contributed by atoms with Gasteiger partial charge in [-0.1, -0.05) is 32.0 Å². The first kappa shape index (κ1) is 14.3. The Bertz CT molecular complexity index is 593. The predicted octanol–water partition coefficient (Wildman–Crippen LogP) is 3.72. The summed E-state index contributed by atoms with van der Waals surface area (Å²) in [5, 5.41) is 3.11. The fourth-order valence-electron chi connectivity index (χ4n) is 2.07. The lowest BCUT2D eigenvalue weighted by Gasteiger charge is -2.22. The Balaban J connectivity index is 2.46. The number of benzene rings is 1. The highest BCUT2D eigenvalue weighted by Crippen LogP contribution is 2.27. The van der Waals surface area contributed by atoms with Gasteiger partial charge >= 0.3 is 0 Å². The largest absolute Gasteiger partial charge is 0.373 e. The van der Waals surface area contributed by atoms with Crippen LogP contribution in [0.3, 0.4) is 0 Å². The van der Waals surface area contributed by atoms with Crippen LogP contribution >= 0.6 is 0 Å². The number of aryl methyl sites for hydroxylation is 1. The Morgan fingerprint density at radius 2 is 1.85 bits per heavy atom. The number of nitrogens with zero attached hydrogens (tertiary/aromatic N) is 3. The molecule has 20 heavy (non-hydrogen) atoms. The fraction of sp³-hybridized carbons (Fsp3) is 0.375. The summed E-state index contributed by atoms with van der Waals surface area (Å²) in [4.78, 5) is 11.3. The van der Waals surface area contributed by atoms with Crippen molar-refractivity contribution in [2.24, 2.45) is 0 Å². The summed E-state index contributed by atoms with van der Waals surface area (Å²) >= 11 is 0. The monoisotopic (exact) mass is 270 g/mol. The quantitative estimate of drug-likeness (QED) is 0.919. The van der Waals surface area contributed by atoms with Crippen molar-refractivity contribution in [1.29, 1.82) is 0 Å². The second kappa shape index (κ2) is 5.90. The van der Waals surface area contributed by atoms with Crippen molar-refractivity contribution in [3.63, 3.8) is 0 Å². The Hall–Kier alpha value is -2.10. The minimum absolute atomic E-state index is 0.298. The zero-order valence-corrected chi connectivity index (χ0v) is 12.8. The second-order valence-electron chi connectivity index (χ2n) is 5.22. The first-order valence-electron chi connectivity index (χ1n) is 6.89. The molecule has 0 radical (unpaired) electrons. The predicted molar refractivity (Wildman–Crippen MR) is 84.9 cm³/mol. The molecule has 2 aromatic rings. The number of hydrogen-bond donors (Lipinski definition) is 1. The third-order valence-corrected chi connectivity index (χ3v) is 3.32. The molecule has 0 unspecified atom stereocenters. The number of nitrogens with one attached hydrogen (secondary N) is 1. The van der Waals surface area contributed by atoms with Gasteiger partial charge < -0.3 is 10.2 Å². The second-order valence-corrected chi connectivity index (χ2v) is 5.22. The van der Waals surface area contributed by atoms with Crippen molar-refractivity contribution in [2.45, 2.75) is 26.7 Å². The van der Waals surface area contributed by atoms with Gasteiger partial charge in [-0.2, -0.15) is 0 Å². The molecular formula is C16H22N4. The lowest BCUT2D eigenvalue weighted by Crippen LogP contribution is -2.15. The molecule has 1 N–H and O–H groups in total. The third-order valence-electron chi connectivity index (χ3n) is 3.32. The smallest absolute Gasteiger partial charge is 0.138 e. The standard InChI is InChI=1S/C16H22N4/c1-11(2)16-18-14(17-4)10-15(19-16)20(5)13-9-7-6-8-12(13)3/h6-11H,1-5H3,(H,17,18,19). The maximum atomic E-state index is 4.67. The van der Waals surface area contributed by atoms with Crippen LogP contribution in [0, 0.1) is 6.92 Å². The summed E-state index contributed by atoms with van der Waals surface area (Å²) in [6, 6.07) is 10.3. The molecule has 2 rings (SSSR count). The average Bonchev–Trinajstić information content (AvgIpc) is 2.46. The summed E-state index contributed by atoms with van der Waals surface area (Å²) in [5.41, 5.74) is 2.38. The van der Waals surface area contributed by atoms with Crippen LogP contribution in [0.25, 0.3) is 0 Å². The minimum Gasteiger partial charge on any atom is -0.373 e. The molecule has 1 aromatic carbocycles. The third kappa shape index (κ3) is 2.90. The summed E-state index contributed by atoms with van der Waals surface area (Å²) in [7, 11) is 3.91. The van der Waals surface area contributed by atoms with E-state index in [9.17, 15) is 0 Å². The Labute approximate surface area is 120 Å². The molecule has 4 heteroatoms. The zero-order chi connectivity index (χ0) is 14.7. The van der Waals surface area contributed by atoms with Crippen LogP contribution in [0.2, 0.25) is 0 Å². The molecule has 0 atom stereocenters. The summed E-state index contributed by atoms with van der Waals surface area (Å²) in [6.07, 6.45) is 0. The lowest BCUT2D eigenvalue weighted by atomic mass is 10.2. The lowest BCUT2D eigenvalue weighted by molar-refractivity contribution is 0.773. The maximum absolute atomic E-state index is 4.67. The van der Waals surface area contributed by atoms with E-state index in [0.717, 1.165) is 23.1 Å². The molecule has 1 heterocycles. The molecule has 0 saturated carbocycles. The number of anilines is 3. The van der Waals surface area contributed by atoms with Gasteiger partial charge in [0.2, 0.25) is 0 Å². The van der Waals surface area contributed by atoms with E-state index in [1.165, 1.54) is 5.56 Å². The topological polar surface area (TPSA) is 41.0 Å². The van der Waals surface area contributed by atoms with Crippen molar-refractivity contribution >= 4 is 17.3 Å². The molecule has 0 aliphatic rings. The Morgan fingerprint density at radius 1 is 1.15 bits per heavy atom. The van der Waals surface area contributed by atoms with Crippen molar-refractivity contribution in [3.05, 3.63) is 41.7 Å². The number of para-hydroxylation sites is 1. The van der Waals surface area contributed by atoms with Gasteiger partial charge in [0.1, 0.15) is 17.5 Å². The van der Waals surface area contributed by atoms with Gasteiger partial charge in [-0.25, -0.2) is 9.97 Å². The first-order chi connectivity index (χ1) is 9.52. The van der Waals surface area contributed by atoms with Crippen LogP contribution in [-0.4, -0.2) is 24.1 Å². The molecule has 0 fully saturated rings. The van der Waals surface area contributed by atoms with Crippen LogP contribution in [0.1, 0.15) is 31.2 Å². The molecule has 0 saturated heterocycles. The maximum Gasteiger partial charge on any atom is 0.138 e. The number of hydrogen-bond acceptors (Lipinski definition) is 4. The van der Waals surface area contributed by atoms with E-state index < -0.39 is 0 Å². The van der Waals surface area contributed by atoms with Gasteiger partial charge in [-0.3, -0.25) is 0 Å². The van der Waals surface area contributed by atoms with Crippen LogP contribution in [0.15, 0.2) is 30.3 Å². The number of rotatable bonds is 4. The molecule has 0 spiro atoms. The molecular weight excluding hydrogens is 248 g/mol. The van der Waals surface area contributed by atoms with E-state index in [2.05, 4.69) is 53.1 Å². The van der Waals surface area contributed by atoms with E-state index in [1.54, 1.807) is 0 Å². The Kier molecular flexibility index (Phi) is 4.23. The van der Waals surface area contributed by atoms with Crippen molar-refractivity contribution < 1.29 is 0 Å². The van der Waals surface area contributed by atoms with Crippen molar-refractivity contribution in [2.75, 3.05) is 24.3 Å². The SMILES string of the molecule is CNc1cc(N(C)c2ccccc2C)nc(C(C)C)n1. The summed E-state index contributed by atoms with van der Waals surface area (Å²) in [6.45, 7) is 6.31. The average molecular weight is 270 g/mol. The van der Waals surface area contributed by atoms with Crippen LogP contribution in [-0.2, 0) is 0 Å². The normalized spacial score (nSPS) is 10.7. The first-order valence-corrected chi connectivity index (χ1v) is 6.89. The van der Waals surface area contributed by atoms with Gasteiger partial charge in [-0.15, -0.1) is 0 Å². The van der Waals surface area contributed by atoms with E-state index in [-0.39, 0.29) is 0 Å². The number of aromatic nitrogens is 2. The molecule has 0 aliphatic heterocycles. The fourth-order valence-corrected chi connectivity index (χ4v) is 2.07. The van der Waals surface area contributed by atoms with Crippen molar-refractivity contribution in [1.82, 2.24) is 9.97 Å². The van der Waals surface area contributed by atoms with E-state index in [0.29, 0.717) is 5.92 Å². The Morgan fingerprint density at radius 3 is 2.45 bits per heavy atom. The highest BCUT2D eigenvalue weighted by atomic mass is 15.2. The molecule has 0 aliphatic carbocycles. The molecule has 0 bridgehead atoms. The van der Waals surface area contributed by atoms with Gasteiger partial charge in [0.25, 0.3) is 0 Å². The van der Waals surface area contributed by atoms with Gasteiger partial charge in [0.05, 0.1) is 0 Å². The summed E-state index contributed by atoms with van der Waals surface area (Å²) < 4.78 is 0. The summed E-state index contributed by atoms with van der Waals surface area (Å²) in [5.74, 6) is 2.90. The van der Waals surface area contributed by atoms with E-state index in [4.69, 9.17) is 0 Å². The van der Waals surface area contributed by atoms with Crippen molar-refractivity contribution in [3.8, 4) is 0 Å². The minimum atomic E-state index is 0.298. The highest BCUT2D eigenvalue weighted by Gasteiger charge is 2.12. The van der Waals surface area contributed by atoms with Crippen LogP contribution in [0.5, 0.6) is 0 Å².